The van der Waals surface area contributed by atoms with Crippen molar-refractivity contribution in [1.29, 1.82) is 0 Å². The van der Waals surface area contributed by atoms with Crippen LogP contribution in [0.1, 0.15) is 22.7 Å². The van der Waals surface area contributed by atoms with Crippen LogP contribution in [0.4, 0.5) is 18.9 Å². The van der Waals surface area contributed by atoms with Gasteiger partial charge >= 0.3 is 6.18 Å². The number of alkyl halides is 3. The number of pyridine rings is 1. The molecule has 3 rings (SSSR count). The first kappa shape index (κ1) is 16.3. The zero-order chi connectivity index (χ0) is 17.2. The Labute approximate surface area is 140 Å². The Kier molecular flexibility index (Phi) is 4.44. The molecule has 1 aromatic carbocycles. The predicted molar refractivity (Wildman–Crippen MR) is 84.7 cm³/mol. The van der Waals surface area contributed by atoms with E-state index in [1.165, 1.54) is 30.7 Å². The Morgan fingerprint density at radius 2 is 1.92 bits per heavy atom. The lowest BCUT2D eigenvalue weighted by molar-refractivity contribution is -0.138. The van der Waals surface area contributed by atoms with Crippen LogP contribution in [0.3, 0.4) is 0 Å². The normalized spacial score (nSPS) is 12.8. The standard InChI is InChI=1S/C16H12ClF3N4/c17-11-5-12(9-21-8-11)24-15(10-6-22-23-7-10)13-3-1-2-4-14(13)16(18,19)20/h1-9,15,24H,(H,22,23). The minimum Gasteiger partial charge on any atom is -0.373 e. The molecular weight excluding hydrogens is 341 g/mol. The lowest BCUT2D eigenvalue weighted by Crippen LogP contribution is -2.18. The Bertz CT molecular complexity index is 818. The van der Waals surface area contributed by atoms with Gasteiger partial charge in [0.2, 0.25) is 0 Å². The molecule has 0 radical (unpaired) electrons. The Morgan fingerprint density at radius 3 is 2.58 bits per heavy atom. The molecule has 0 aliphatic carbocycles. The van der Waals surface area contributed by atoms with E-state index < -0.39 is 17.8 Å². The summed E-state index contributed by atoms with van der Waals surface area (Å²) in [4.78, 5) is 3.94. The van der Waals surface area contributed by atoms with Gasteiger partial charge in [-0.1, -0.05) is 29.8 Å². The molecule has 1 atom stereocenters. The van der Waals surface area contributed by atoms with Crippen molar-refractivity contribution in [1.82, 2.24) is 15.2 Å². The molecule has 1 unspecified atom stereocenters. The molecule has 4 nitrogen and oxygen atoms in total. The zero-order valence-electron chi connectivity index (χ0n) is 12.2. The molecule has 2 aromatic heterocycles. The molecule has 124 valence electrons. The number of nitrogens with one attached hydrogen (secondary N) is 2. The third-order valence-electron chi connectivity index (χ3n) is 3.45. The average Bonchev–Trinajstić information content (AvgIpc) is 3.06. The summed E-state index contributed by atoms with van der Waals surface area (Å²) in [5.41, 5.74) is 0.447. The summed E-state index contributed by atoms with van der Waals surface area (Å²) in [7, 11) is 0. The monoisotopic (exact) mass is 352 g/mol. The van der Waals surface area contributed by atoms with Crippen LogP contribution in [0.15, 0.2) is 55.1 Å². The van der Waals surface area contributed by atoms with Crippen molar-refractivity contribution < 1.29 is 13.2 Å². The summed E-state index contributed by atoms with van der Waals surface area (Å²) in [5.74, 6) is 0. The minimum atomic E-state index is -4.47. The van der Waals surface area contributed by atoms with Gasteiger partial charge in [0.15, 0.2) is 0 Å². The third-order valence-corrected chi connectivity index (χ3v) is 3.65. The van der Waals surface area contributed by atoms with Gasteiger partial charge in [0.05, 0.1) is 34.7 Å². The lowest BCUT2D eigenvalue weighted by atomic mass is 9.95. The van der Waals surface area contributed by atoms with Gasteiger partial charge in [-0.05, 0) is 17.7 Å². The highest BCUT2D eigenvalue weighted by atomic mass is 35.5. The molecule has 24 heavy (non-hydrogen) atoms. The van der Waals surface area contributed by atoms with Crippen LogP contribution < -0.4 is 5.32 Å². The summed E-state index contributed by atoms with van der Waals surface area (Å²) >= 11 is 5.90. The van der Waals surface area contributed by atoms with Crippen molar-refractivity contribution in [2.75, 3.05) is 5.32 Å². The van der Waals surface area contributed by atoms with Gasteiger partial charge in [0.25, 0.3) is 0 Å². The molecule has 8 heteroatoms. The van der Waals surface area contributed by atoms with Crippen molar-refractivity contribution in [3.63, 3.8) is 0 Å². The summed E-state index contributed by atoms with van der Waals surface area (Å²) in [6.45, 7) is 0. The second kappa shape index (κ2) is 6.52. The molecule has 0 saturated carbocycles. The number of rotatable bonds is 4. The number of hydrogen-bond acceptors (Lipinski definition) is 3. The Hall–Kier alpha value is -2.54. The van der Waals surface area contributed by atoms with Crippen LogP contribution in [-0.2, 0) is 6.18 Å². The van der Waals surface area contributed by atoms with Gasteiger partial charge in [-0.25, -0.2) is 0 Å². The van der Waals surface area contributed by atoms with E-state index in [2.05, 4.69) is 20.5 Å². The van der Waals surface area contributed by atoms with Crippen molar-refractivity contribution in [2.45, 2.75) is 12.2 Å². The van der Waals surface area contributed by atoms with E-state index >= 15 is 0 Å². The number of benzene rings is 1. The molecule has 2 N–H and O–H groups in total. The van der Waals surface area contributed by atoms with Gasteiger partial charge in [-0.2, -0.15) is 18.3 Å². The van der Waals surface area contributed by atoms with Crippen LogP contribution in [0.2, 0.25) is 5.02 Å². The van der Waals surface area contributed by atoms with Gasteiger partial charge in [-0.15, -0.1) is 0 Å². The molecule has 0 fully saturated rings. The predicted octanol–water partition coefficient (Wildman–Crippen LogP) is 4.68. The van der Waals surface area contributed by atoms with Crippen LogP contribution >= 0.6 is 11.6 Å². The van der Waals surface area contributed by atoms with Crippen molar-refractivity contribution in [3.05, 3.63) is 76.8 Å². The molecule has 0 amide bonds. The number of aromatic amines is 1. The van der Waals surface area contributed by atoms with E-state index in [9.17, 15) is 13.2 Å². The highest BCUT2D eigenvalue weighted by Crippen LogP contribution is 2.37. The van der Waals surface area contributed by atoms with Gasteiger partial charge in [0.1, 0.15) is 0 Å². The first-order chi connectivity index (χ1) is 11.4. The van der Waals surface area contributed by atoms with Crippen LogP contribution in [0.25, 0.3) is 0 Å². The molecule has 2 heterocycles. The van der Waals surface area contributed by atoms with E-state index in [1.807, 2.05) is 0 Å². The Morgan fingerprint density at radius 1 is 1.12 bits per heavy atom. The fourth-order valence-electron chi connectivity index (χ4n) is 2.42. The fourth-order valence-corrected chi connectivity index (χ4v) is 2.60. The van der Waals surface area contributed by atoms with Crippen LogP contribution in [0, 0.1) is 0 Å². The summed E-state index contributed by atoms with van der Waals surface area (Å²) in [5, 5.41) is 9.88. The van der Waals surface area contributed by atoms with E-state index in [-0.39, 0.29) is 5.56 Å². The third kappa shape index (κ3) is 3.51. The van der Waals surface area contributed by atoms with E-state index in [4.69, 9.17) is 11.6 Å². The van der Waals surface area contributed by atoms with E-state index in [1.54, 1.807) is 18.3 Å². The van der Waals surface area contributed by atoms with Crippen LogP contribution in [-0.4, -0.2) is 15.2 Å². The van der Waals surface area contributed by atoms with Gasteiger partial charge in [0, 0.05) is 18.0 Å². The molecule has 3 aromatic rings. The number of nitrogens with zero attached hydrogens (tertiary/aromatic N) is 2. The molecule has 0 aliphatic rings. The van der Waals surface area contributed by atoms with Crippen molar-refractivity contribution in [2.24, 2.45) is 0 Å². The molecular formula is C16H12ClF3N4. The van der Waals surface area contributed by atoms with Crippen LogP contribution in [0.5, 0.6) is 0 Å². The van der Waals surface area contributed by atoms with Crippen molar-refractivity contribution in [3.8, 4) is 0 Å². The molecule has 0 bridgehead atoms. The maximum absolute atomic E-state index is 13.4. The molecule has 0 aliphatic heterocycles. The summed E-state index contributed by atoms with van der Waals surface area (Å²) in [6.07, 6.45) is 1.50. The maximum Gasteiger partial charge on any atom is 0.416 e. The van der Waals surface area contributed by atoms with Gasteiger partial charge in [-0.3, -0.25) is 10.1 Å². The summed E-state index contributed by atoms with van der Waals surface area (Å²) < 4.78 is 40.1. The number of H-pyrrole nitrogens is 1. The topological polar surface area (TPSA) is 53.6 Å². The number of halogens is 4. The highest BCUT2D eigenvalue weighted by molar-refractivity contribution is 6.30. The van der Waals surface area contributed by atoms with E-state index in [0.29, 0.717) is 16.3 Å². The number of aromatic nitrogens is 3. The first-order valence-corrected chi connectivity index (χ1v) is 7.35. The highest BCUT2D eigenvalue weighted by Gasteiger charge is 2.35. The lowest BCUT2D eigenvalue weighted by Gasteiger charge is -2.23. The second-order valence-corrected chi connectivity index (χ2v) is 5.52. The molecule has 0 saturated heterocycles. The Balaban J connectivity index is 2.07. The largest absolute Gasteiger partial charge is 0.416 e. The zero-order valence-corrected chi connectivity index (χ0v) is 12.9. The first-order valence-electron chi connectivity index (χ1n) is 6.97. The fraction of sp³-hybridized carbons (Fsp3) is 0.125. The summed E-state index contributed by atoms with van der Waals surface area (Å²) in [6, 6.07) is 6.25. The number of anilines is 1. The quantitative estimate of drug-likeness (QED) is 0.717. The minimum absolute atomic E-state index is 0.0892. The van der Waals surface area contributed by atoms with Gasteiger partial charge < -0.3 is 5.32 Å². The maximum atomic E-state index is 13.4. The van der Waals surface area contributed by atoms with E-state index in [0.717, 1.165) is 6.07 Å². The molecule has 0 spiro atoms. The second-order valence-electron chi connectivity index (χ2n) is 5.09. The average molecular weight is 353 g/mol. The number of hydrogen-bond donors (Lipinski definition) is 2. The SMILES string of the molecule is FC(F)(F)c1ccccc1C(Nc1cncc(Cl)c1)c1cn[nH]c1. The smallest absolute Gasteiger partial charge is 0.373 e. The van der Waals surface area contributed by atoms with Crippen molar-refractivity contribution >= 4 is 17.3 Å².